The molecule has 13 heavy (non-hydrogen) atoms. The molecule has 0 fully saturated rings. The predicted molar refractivity (Wildman–Crippen MR) is 43.7 cm³/mol. The molecule has 2 aliphatic carbocycles. The van der Waals surface area contributed by atoms with Crippen LogP contribution in [0.15, 0.2) is 41.7 Å². The minimum absolute atomic E-state index is 0. The van der Waals surface area contributed by atoms with Crippen molar-refractivity contribution < 1.29 is 52.5 Å². The van der Waals surface area contributed by atoms with Crippen molar-refractivity contribution in [2.45, 2.75) is 12.8 Å². The largest absolute Gasteiger partial charge is 1.00 e. The molecule has 0 aromatic carbocycles. The molecule has 0 atom stereocenters. The maximum Gasteiger partial charge on any atom is -1.00 e. The van der Waals surface area contributed by atoms with Gasteiger partial charge in [0.15, 0.2) is 0 Å². The van der Waals surface area contributed by atoms with Crippen molar-refractivity contribution >= 4 is 0 Å². The van der Waals surface area contributed by atoms with Crippen molar-refractivity contribution in [3.05, 3.63) is 41.7 Å². The van der Waals surface area contributed by atoms with Crippen LogP contribution in [0, 0.1) is 27.7 Å². The Kier molecular flexibility index (Phi) is 7.28. The number of allylic oxidation sites excluding steroid dienone is 8. The summed E-state index contributed by atoms with van der Waals surface area (Å²) in [6.07, 6.45) is 16.1. The van der Waals surface area contributed by atoms with Gasteiger partial charge in [0.2, 0.25) is 0 Å². The van der Waals surface area contributed by atoms with Gasteiger partial charge in [0, 0.05) is 0 Å². The van der Waals surface area contributed by atoms with Crippen molar-refractivity contribution in [2.75, 3.05) is 0 Å². The first-order valence-corrected chi connectivity index (χ1v) is 8.10. The zero-order valence-corrected chi connectivity index (χ0v) is 12.8. The Balaban J connectivity index is 0.000000720. The average molecular weight is 439 g/mol. The zero-order chi connectivity index (χ0) is 7.52. The molecule has 0 spiro atoms. The van der Waals surface area contributed by atoms with Gasteiger partial charge in [-0.25, -0.2) is 0 Å². The van der Waals surface area contributed by atoms with Gasteiger partial charge < -0.3 is 24.8 Å². The van der Waals surface area contributed by atoms with Crippen LogP contribution in [0.2, 0.25) is 0 Å². The predicted octanol–water partition coefficient (Wildman–Crippen LogP) is -3.23. The van der Waals surface area contributed by atoms with Crippen molar-refractivity contribution in [2.24, 2.45) is 0 Å². The molecule has 0 nitrogen and oxygen atoms in total. The van der Waals surface area contributed by atoms with E-state index in [-0.39, 0.29) is 24.8 Å². The van der Waals surface area contributed by atoms with E-state index in [0.717, 1.165) is 0 Å². The number of hydrogen-bond donors (Lipinski definition) is 0. The van der Waals surface area contributed by atoms with Crippen LogP contribution in [0.4, 0.5) is 0 Å². The minimum atomic E-state index is -0.656. The van der Waals surface area contributed by atoms with Crippen LogP contribution in [-0.4, -0.2) is 0 Å². The van der Waals surface area contributed by atoms with Crippen LogP contribution in [0.5, 0.6) is 0 Å². The molecule has 0 N–H and O–H groups in total. The third-order valence-electron chi connectivity index (χ3n) is 1.86. The second-order valence-electron chi connectivity index (χ2n) is 2.77. The van der Waals surface area contributed by atoms with Gasteiger partial charge in [-0.05, 0) is 0 Å². The topological polar surface area (TPSA) is 0 Å². The van der Waals surface area contributed by atoms with Gasteiger partial charge >= 0.3 is 82.2 Å². The standard InChI is InChI=1S/2C5H5.2ClH.U/c2*1-2-4-5-3-1;;;/h2*1-3H,4H2;2*1H;/q;;;;+2/p-2. The summed E-state index contributed by atoms with van der Waals surface area (Å²) >= 11 is -0.656. The molecule has 68 valence electrons. The second-order valence-corrected chi connectivity index (χ2v) is 9.16. The van der Waals surface area contributed by atoms with E-state index < -0.39 is 27.7 Å². The van der Waals surface area contributed by atoms with E-state index in [1.54, 1.807) is 5.21 Å². The van der Waals surface area contributed by atoms with Crippen molar-refractivity contribution in [1.82, 2.24) is 0 Å². The van der Waals surface area contributed by atoms with Crippen molar-refractivity contribution in [1.29, 1.82) is 0 Å². The van der Waals surface area contributed by atoms with Crippen LogP contribution in [0.25, 0.3) is 0 Å². The summed E-state index contributed by atoms with van der Waals surface area (Å²) in [5, 5.41) is 0. The molecule has 0 radical (unpaired) electrons. The van der Waals surface area contributed by atoms with E-state index in [1.807, 2.05) is 0 Å². The molecule has 2 rings (SSSR count). The zero-order valence-electron chi connectivity index (χ0n) is 7.13. The van der Waals surface area contributed by atoms with Crippen LogP contribution < -0.4 is 24.8 Å². The fourth-order valence-electron chi connectivity index (χ4n) is 1.29. The Labute approximate surface area is 106 Å². The summed E-state index contributed by atoms with van der Waals surface area (Å²) in [5.41, 5.74) is 0. The van der Waals surface area contributed by atoms with E-state index in [9.17, 15) is 0 Å². The molecule has 0 unspecified atom stereocenters. The summed E-state index contributed by atoms with van der Waals surface area (Å²) in [6.45, 7) is 0. The van der Waals surface area contributed by atoms with Gasteiger partial charge in [0.05, 0.1) is 0 Å². The molecular weight excluding hydrogens is 429 g/mol. The van der Waals surface area contributed by atoms with Crippen LogP contribution in [0.1, 0.15) is 12.8 Å². The molecule has 0 aromatic rings. The number of halogens is 2. The minimum Gasteiger partial charge on any atom is -1.00 e. The third-order valence-corrected chi connectivity index (χ3v) is 7.63. The number of rotatable bonds is 2. The van der Waals surface area contributed by atoms with Crippen molar-refractivity contribution in [3.8, 4) is 0 Å². The summed E-state index contributed by atoms with van der Waals surface area (Å²) < 4.78 is 3.53. The molecule has 0 aromatic heterocycles. The first kappa shape index (κ1) is 13.6. The van der Waals surface area contributed by atoms with Crippen LogP contribution >= 0.6 is 0 Å². The van der Waals surface area contributed by atoms with E-state index in [1.165, 1.54) is 12.8 Å². The van der Waals surface area contributed by atoms with E-state index in [4.69, 9.17) is 0 Å². The summed E-state index contributed by atoms with van der Waals surface area (Å²) in [4.78, 5) is 0. The monoisotopic (exact) mass is 438 g/mol. The third kappa shape index (κ3) is 4.09. The summed E-state index contributed by atoms with van der Waals surface area (Å²) in [6, 6.07) is 0. The summed E-state index contributed by atoms with van der Waals surface area (Å²) in [5.74, 6) is 0. The first-order chi connectivity index (χ1) is 5.45. The van der Waals surface area contributed by atoms with Gasteiger partial charge in [-0.2, -0.15) is 0 Å². The SMILES string of the molecule is C1=CC[C]([U+2][C]2=CC=CC2)=C1.[Cl-].[Cl-]. The smallest absolute Gasteiger partial charge is 1.00 e. The van der Waals surface area contributed by atoms with Gasteiger partial charge in [0.1, 0.15) is 0 Å². The van der Waals surface area contributed by atoms with E-state index in [0.29, 0.717) is 0 Å². The molecule has 0 aliphatic heterocycles. The van der Waals surface area contributed by atoms with Gasteiger partial charge in [0.25, 0.3) is 0 Å². The van der Waals surface area contributed by atoms with Gasteiger partial charge in [-0.15, -0.1) is 0 Å². The van der Waals surface area contributed by atoms with E-state index in [2.05, 4.69) is 36.5 Å². The Morgan fingerprint density at radius 2 is 1.31 bits per heavy atom. The fourth-order valence-corrected chi connectivity index (χ4v) is 6.33. The van der Waals surface area contributed by atoms with Crippen molar-refractivity contribution in [3.63, 3.8) is 0 Å². The molecule has 0 saturated heterocycles. The Morgan fingerprint density at radius 1 is 0.846 bits per heavy atom. The van der Waals surface area contributed by atoms with Gasteiger partial charge in [-0.3, -0.25) is 0 Å². The Bertz CT molecular complexity index is 247. The summed E-state index contributed by atoms with van der Waals surface area (Å²) in [7, 11) is 0. The van der Waals surface area contributed by atoms with Crippen LogP contribution in [0.3, 0.4) is 0 Å². The number of hydrogen-bond acceptors (Lipinski definition) is 0. The molecule has 3 heteroatoms. The molecular formula is C10H10Cl2U. The van der Waals surface area contributed by atoms with Gasteiger partial charge in [-0.1, -0.05) is 0 Å². The van der Waals surface area contributed by atoms with Crippen LogP contribution in [-0.2, 0) is 0 Å². The molecule has 0 bridgehead atoms. The molecule has 0 amide bonds. The maximum absolute atomic E-state index is 2.33. The normalized spacial score (nSPS) is 16.9. The quantitative estimate of drug-likeness (QED) is 0.425. The Hall–Kier alpha value is 0.592. The van der Waals surface area contributed by atoms with E-state index >= 15 is 0 Å². The second kappa shape index (κ2) is 6.96. The average Bonchev–Trinajstić information content (AvgIpc) is 2.60. The fraction of sp³-hybridized carbons (Fsp3) is 0.200. The molecule has 2 aliphatic rings. The molecule has 0 heterocycles. The Morgan fingerprint density at radius 3 is 1.62 bits per heavy atom. The maximum atomic E-state index is 2.33. The first-order valence-electron chi connectivity index (χ1n) is 3.93. The molecule has 0 saturated carbocycles.